The molecule has 2 heterocycles. The van der Waals surface area contributed by atoms with Crippen molar-refractivity contribution in [2.24, 2.45) is 5.92 Å². The van der Waals surface area contributed by atoms with Crippen molar-refractivity contribution in [1.82, 2.24) is 10.3 Å². The van der Waals surface area contributed by atoms with Crippen LogP contribution >= 0.6 is 0 Å². The fraction of sp³-hybridized carbons (Fsp3) is 0.412. The lowest BCUT2D eigenvalue weighted by Gasteiger charge is -2.27. The molecule has 1 aliphatic rings. The van der Waals surface area contributed by atoms with E-state index in [0.717, 1.165) is 36.4 Å². The summed E-state index contributed by atoms with van der Waals surface area (Å²) in [6.07, 6.45) is 3.49. The number of benzene rings is 1. The molecule has 1 aromatic heterocycles. The van der Waals surface area contributed by atoms with E-state index in [-0.39, 0.29) is 11.8 Å². The number of aromatic nitrogens is 1. The average Bonchev–Trinajstić information content (AvgIpc) is 2.94. The first-order valence-electron chi connectivity index (χ1n) is 7.69. The largest absolute Gasteiger partial charge is 0.441 e. The topological polar surface area (TPSA) is 67.2 Å². The van der Waals surface area contributed by atoms with E-state index in [4.69, 9.17) is 4.42 Å². The molecule has 3 rings (SSSR count). The van der Waals surface area contributed by atoms with E-state index >= 15 is 0 Å². The number of hydrogen-bond acceptors (Lipinski definition) is 4. The Morgan fingerprint density at radius 3 is 2.77 bits per heavy atom. The van der Waals surface area contributed by atoms with E-state index in [2.05, 4.69) is 22.5 Å². The third kappa shape index (κ3) is 3.36. The van der Waals surface area contributed by atoms with Crippen LogP contribution in [0.5, 0.6) is 0 Å². The highest BCUT2D eigenvalue weighted by Crippen LogP contribution is 2.23. The molecule has 0 spiro atoms. The third-order valence-corrected chi connectivity index (χ3v) is 4.05. The summed E-state index contributed by atoms with van der Waals surface area (Å²) in [4.78, 5) is 16.4. The van der Waals surface area contributed by atoms with Gasteiger partial charge in [-0.25, -0.2) is 4.98 Å². The quantitative estimate of drug-likeness (QED) is 0.914. The van der Waals surface area contributed by atoms with Gasteiger partial charge in [-0.15, -0.1) is 0 Å². The van der Waals surface area contributed by atoms with Gasteiger partial charge in [0.1, 0.15) is 0 Å². The summed E-state index contributed by atoms with van der Waals surface area (Å²) >= 11 is 0. The number of hydrogen-bond donors (Lipinski definition) is 2. The van der Waals surface area contributed by atoms with Gasteiger partial charge in [0.25, 0.3) is 0 Å². The lowest BCUT2D eigenvalue weighted by molar-refractivity contribution is -0.120. The molecule has 2 aromatic rings. The summed E-state index contributed by atoms with van der Waals surface area (Å²) in [5.74, 6) is 1.58. The lowest BCUT2D eigenvalue weighted by atomic mass is 9.92. The van der Waals surface area contributed by atoms with Gasteiger partial charge in [0.05, 0.1) is 6.20 Å². The Morgan fingerprint density at radius 2 is 2.14 bits per heavy atom. The second kappa shape index (κ2) is 6.32. The van der Waals surface area contributed by atoms with Crippen LogP contribution < -0.4 is 10.6 Å². The standard InChI is InChI=1S/C17H21N3O2/c1-11-9-14(7-8-18-11)17(21)20-15-5-3-13(4-6-15)16-10-19-12(2)22-16/h3-6,10-11,14,18H,7-9H2,1-2H3,(H,20,21)/t11-,14-/m0/s1. The van der Waals surface area contributed by atoms with Crippen molar-refractivity contribution in [1.29, 1.82) is 0 Å². The predicted octanol–water partition coefficient (Wildman–Crippen LogP) is 2.98. The number of rotatable bonds is 3. The smallest absolute Gasteiger partial charge is 0.227 e. The van der Waals surface area contributed by atoms with Crippen LogP contribution in [0.2, 0.25) is 0 Å². The normalized spacial score (nSPS) is 21.5. The van der Waals surface area contributed by atoms with Crippen molar-refractivity contribution in [3.63, 3.8) is 0 Å². The second-order valence-corrected chi connectivity index (χ2v) is 5.89. The van der Waals surface area contributed by atoms with Gasteiger partial charge in [0.2, 0.25) is 5.91 Å². The Hall–Kier alpha value is -2.14. The minimum atomic E-state index is 0.0906. The Balaban J connectivity index is 1.64. The molecule has 0 bridgehead atoms. The maximum absolute atomic E-state index is 12.3. The van der Waals surface area contributed by atoms with E-state index in [1.165, 1.54) is 0 Å². The molecular weight excluding hydrogens is 278 g/mol. The molecule has 5 nitrogen and oxygen atoms in total. The third-order valence-electron chi connectivity index (χ3n) is 4.05. The second-order valence-electron chi connectivity index (χ2n) is 5.89. The number of piperidine rings is 1. The van der Waals surface area contributed by atoms with Crippen LogP contribution in [-0.4, -0.2) is 23.5 Å². The number of amides is 1. The summed E-state index contributed by atoms with van der Waals surface area (Å²) in [7, 11) is 0. The molecule has 116 valence electrons. The highest BCUT2D eigenvalue weighted by molar-refractivity contribution is 5.92. The molecular formula is C17H21N3O2. The highest BCUT2D eigenvalue weighted by atomic mass is 16.4. The van der Waals surface area contributed by atoms with Crippen LogP contribution in [-0.2, 0) is 4.79 Å². The maximum Gasteiger partial charge on any atom is 0.227 e. The van der Waals surface area contributed by atoms with Crippen LogP contribution in [0, 0.1) is 12.8 Å². The fourth-order valence-electron chi connectivity index (χ4n) is 2.83. The Morgan fingerprint density at radius 1 is 1.36 bits per heavy atom. The van der Waals surface area contributed by atoms with Gasteiger partial charge in [-0.2, -0.15) is 0 Å². The zero-order chi connectivity index (χ0) is 15.5. The molecule has 1 aromatic carbocycles. The molecule has 1 saturated heterocycles. The van der Waals surface area contributed by atoms with Crippen LogP contribution in [0.3, 0.4) is 0 Å². The monoisotopic (exact) mass is 299 g/mol. The van der Waals surface area contributed by atoms with Gasteiger partial charge in [-0.05, 0) is 50.6 Å². The van der Waals surface area contributed by atoms with Crippen molar-refractivity contribution in [3.8, 4) is 11.3 Å². The number of carbonyl (C=O) groups is 1. The van der Waals surface area contributed by atoms with Gasteiger partial charge < -0.3 is 15.1 Å². The van der Waals surface area contributed by atoms with Crippen LogP contribution in [0.1, 0.15) is 25.7 Å². The van der Waals surface area contributed by atoms with E-state index in [0.29, 0.717) is 11.9 Å². The van der Waals surface area contributed by atoms with E-state index < -0.39 is 0 Å². The molecule has 2 N–H and O–H groups in total. The molecule has 1 fully saturated rings. The van der Waals surface area contributed by atoms with Crippen molar-refractivity contribution >= 4 is 11.6 Å². The van der Waals surface area contributed by atoms with Gasteiger partial charge >= 0.3 is 0 Å². The molecule has 0 unspecified atom stereocenters. The van der Waals surface area contributed by atoms with Crippen molar-refractivity contribution in [2.75, 3.05) is 11.9 Å². The summed E-state index contributed by atoms with van der Waals surface area (Å²) in [6.45, 7) is 4.84. The Bertz CT molecular complexity index is 648. The molecule has 0 radical (unpaired) electrons. The first kappa shape index (κ1) is 14.8. The van der Waals surface area contributed by atoms with Gasteiger partial charge in [0, 0.05) is 30.1 Å². The molecule has 1 amide bonds. The number of carbonyl (C=O) groups excluding carboxylic acids is 1. The average molecular weight is 299 g/mol. The molecule has 2 atom stereocenters. The first-order chi connectivity index (χ1) is 10.6. The Labute approximate surface area is 130 Å². The number of anilines is 1. The first-order valence-corrected chi connectivity index (χ1v) is 7.69. The zero-order valence-electron chi connectivity index (χ0n) is 12.9. The summed E-state index contributed by atoms with van der Waals surface area (Å²) in [5, 5.41) is 6.37. The minimum Gasteiger partial charge on any atom is -0.441 e. The predicted molar refractivity (Wildman–Crippen MR) is 85.5 cm³/mol. The summed E-state index contributed by atoms with van der Waals surface area (Å²) in [6, 6.07) is 8.06. The van der Waals surface area contributed by atoms with Gasteiger partial charge in [-0.3, -0.25) is 4.79 Å². The zero-order valence-corrected chi connectivity index (χ0v) is 12.9. The van der Waals surface area contributed by atoms with Crippen molar-refractivity contribution in [3.05, 3.63) is 36.4 Å². The van der Waals surface area contributed by atoms with Crippen molar-refractivity contribution < 1.29 is 9.21 Å². The van der Waals surface area contributed by atoms with Crippen LogP contribution in [0.25, 0.3) is 11.3 Å². The maximum atomic E-state index is 12.3. The number of aryl methyl sites for hydroxylation is 1. The van der Waals surface area contributed by atoms with Gasteiger partial charge in [-0.1, -0.05) is 0 Å². The lowest BCUT2D eigenvalue weighted by Crippen LogP contribution is -2.40. The number of oxazole rings is 1. The molecule has 1 aliphatic heterocycles. The molecule has 22 heavy (non-hydrogen) atoms. The molecule has 5 heteroatoms. The van der Waals surface area contributed by atoms with Crippen LogP contribution in [0.15, 0.2) is 34.9 Å². The summed E-state index contributed by atoms with van der Waals surface area (Å²) < 4.78 is 5.49. The minimum absolute atomic E-state index is 0.0906. The molecule has 0 saturated carbocycles. The summed E-state index contributed by atoms with van der Waals surface area (Å²) in [5.41, 5.74) is 1.77. The number of nitrogens with zero attached hydrogens (tertiary/aromatic N) is 1. The Kier molecular flexibility index (Phi) is 4.24. The van der Waals surface area contributed by atoms with Crippen LogP contribution in [0.4, 0.5) is 5.69 Å². The van der Waals surface area contributed by atoms with E-state index in [1.54, 1.807) is 6.20 Å². The van der Waals surface area contributed by atoms with Gasteiger partial charge in [0.15, 0.2) is 11.7 Å². The van der Waals surface area contributed by atoms with Crippen molar-refractivity contribution in [2.45, 2.75) is 32.7 Å². The van der Waals surface area contributed by atoms with E-state index in [9.17, 15) is 4.79 Å². The molecule has 0 aliphatic carbocycles. The fourth-order valence-corrected chi connectivity index (χ4v) is 2.83. The van der Waals surface area contributed by atoms with E-state index in [1.807, 2.05) is 31.2 Å². The SMILES string of the molecule is Cc1ncc(-c2ccc(NC(=O)[C@H]3CCN[C@@H](C)C3)cc2)o1. The number of nitrogens with one attached hydrogen (secondary N) is 2. The highest BCUT2D eigenvalue weighted by Gasteiger charge is 2.24.